The molecule has 92 valence electrons. The summed E-state index contributed by atoms with van der Waals surface area (Å²) in [6.45, 7) is 5.77. The molecule has 1 aliphatic carbocycles. The lowest BCUT2D eigenvalue weighted by Gasteiger charge is -2.24. The van der Waals surface area contributed by atoms with Gasteiger partial charge in [-0.15, -0.1) is 0 Å². The van der Waals surface area contributed by atoms with E-state index in [0.717, 1.165) is 6.42 Å². The second-order valence-electron chi connectivity index (χ2n) is 6.14. The molecule has 2 aliphatic rings. The van der Waals surface area contributed by atoms with Gasteiger partial charge in [-0.1, -0.05) is 12.8 Å². The van der Waals surface area contributed by atoms with Crippen molar-refractivity contribution in [3.05, 3.63) is 0 Å². The van der Waals surface area contributed by atoms with Crippen LogP contribution in [-0.2, 0) is 9.53 Å². The third kappa shape index (κ3) is 2.76. The van der Waals surface area contributed by atoms with E-state index >= 15 is 0 Å². The number of fused-ring (bicyclic) bond motifs is 1. The fourth-order valence-electron chi connectivity index (χ4n) is 2.88. The topological polar surface area (TPSA) is 38.3 Å². The summed E-state index contributed by atoms with van der Waals surface area (Å²) in [5, 5.41) is 3.44. The van der Waals surface area contributed by atoms with E-state index in [0.29, 0.717) is 12.0 Å². The summed E-state index contributed by atoms with van der Waals surface area (Å²) in [5.41, 5.74) is -0.369. The van der Waals surface area contributed by atoms with Crippen molar-refractivity contribution in [3.63, 3.8) is 0 Å². The quantitative estimate of drug-likeness (QED) is 0.696. The number of rotatable bonds is 1. The number of hydrogen-bond donors (Lipinski definition) is 1. The molecule has 1 saturated heterocycles. The van der Waals surface area contributed by atoms with E-state index in [9.17, 15) is 4.79 Å². The van der Waals surface area contributed by atoms with Crippen LogP contribution in [0.2, 0.25) is 0 Å². The molecule has 0 amide bonds. The van der Waals surface area contributed by atoms with Gasteiger partial charge in [-0.2, -0.15) is 0 Å². The van der Waals surface area contributed by atoms with Crippen molar-refractivity contribution in [2.24, 2.45) is 5.92 Å². The lowest BCUT2D eigenvalue weighted by atomic mass is 9.85. The zero-order valence-electron chi connectivity index (χ0n) is 10.6. The molecule has 1 heterocycles. The van der Waals surface area contributed by atoms with Crippen molar-refractivity contribution in [3.8, 4) is 0 Å². The monoisotopic (exact) mass is 225 g/mol. The van der Waals surface area contributed by atoms with Crippen LogP contribution < -0.4 is 5.32 Å². The molecule has 1 N–H and O–H groups in total. The molecule has 0 aromatic carbocycles. The van der Waals surface area contributed by atoms with Crippen molar-refractivity contribution in [1.82, 2.24) is 5.32 Å². The average Bonchev–Trinajstić information content (AvgIpc) is 2.58. The molecular weight excluding hydrogens is 202 g/mol. The minimum absolute atomic E-state index is 0.0627. The Morgan fingerprint density at radius 2 is 1.94 bits per heavy atom. The molecule has 3 atom stereocenters. The van der Waals surface area contributed by atoms with Gasteiger partial charge in [0.15, 0.2) is 0 Å². The molecule has 0 aromatic rings. The summed E-state index contributed by atoms with van der Waals surface area (Å²) < 4.78 is 5.43. The summed E-state index contributed by atoms with van der Waals surface area (Å²) in [6, 6.07) is 0.499. The first-order valence-electron chi connectivity index (χ1n) is 6.44. The minimum Gasteiger partial charge on any atom is -0.459 e. The Hall–Kier alpha value is -0.570. The summed E-state index contributed by atoms with van der Waals surface area (Å²) in [6.07, 6.45) is 6.10. The van der Waals surface area contributed by atoms with E-state index in [1.807, 2.05) is 20.8 Å². The minimum atomic E-state index is -0.369. The van der Waals surface area contributed by atoms with Crippen LogP contribution >= 0.6 is 0 Å². The van der Waals surface area contributed by atoms with Crippen LogP contribution in [0.1, 0.15) is 52.9 Å². The predicted octanol–water partition coefficient (Wildman–Crippen LogP) is 2.25. The highest BCUT2D eigenvalue weighted by Gasteiger charge is 2.39. The first-order chi connectivity index (χ1) is 7.46. The van der Waals surface area contributed by atoms with Crippen LogP contribution in [0.25, 0.3) is 0 Å². The molecule has 2 fully saturated rings. The molecule has 1 aliphatic heterocycles. The molecule has 0 bridgehead atoms. The molecular formula is C13H23NO2. The largest absolute Gasteiger partial charge is 0.459 e. The highest BCUT2D eigenvalue weighted by Crippen LogP contribution is 2.33. The number of esters is 1. The molecule has 0 spiro atoms. The maximum Gasteiger partial charge on any atom is 0.323 e. The Morgan fingerprint density at radius 3 is 2.56 bits per heavy atom. The lowest BCUT2D eigenvalue weighted by Crippen LogP contribution is -2.40. The van der Waals surface area contributed by atoms with Gasteiger partial charge in [0.05, 0.1) is 0 Å². The Bertz CT molecular complexity index is 256. The normalized spacial score (nSPS) is 34.6. The number of hydrogen-bond acceptors (Lipinski definition) is 3. The second-order valence-corrected chi connectivity index (χ2v) is 6.14. The molecule has 16 heavy (non-hydrogen) atoms. The summed E-state index contributed by atoms with van der Waals surface area (Å²) in [4.78, 5) is 11.9. The van der Waals surface area contributed by atoms with Gasteiger partial charge in [-0.25, -0.2) is 0 Å². The summed E-state index contributed by atoms with van der Waals surface area (Å²) in [7, 11) is 0. The fraction of sp³-hybridized carbons (Fsp3) is 0.923. The molecule has 0 unspecified atom stereocenters. The lowest BCUT2D eigenvalue weighted by molar-refractivity contribution is -0.157. The van der Waals surface area contributed by atoms with E-state index < -0.39 is 0 Å². The smallest absolute Gasteiger partial charge is 0.323 e. The number of ether oxygens (including phenoxy) is 1. The molecule has 0 radical (unpaired) electrons. The Labute approximate surface area is 97.9 Å². The SMILES string of the molecule is CC(C)(C)OC(=O)[C@@H]1C[C@H]2CCCC[C@@H]2N1. The van der Waals surface area contributed by atoms with Crippen molar-refractivity contribution < 1.29 is 9.53 Å². The molecule has 1 saturated carbocycles. The van der Waals surface area contributed by atoms with E-state index in [1.54, 1.807) is 0 Å². The van der Waals surface area contributed by atoms with Crippen LogP contribution in [0.5, 0.6) is 0 Å². The van der Waals surface area contributed by atoms with Gasteiger partial charge in [0.2, 0.25) is 0 Å². The van der Waals surface area contributed by atoms with Crippen LogP contribution in [0.15, 0.2) is 0 Å². The van der Waals surface area contributed by atoms with E-state index in [4.69, 9.17) is 4.74 Å². The predicted molar refractivity (Wildman–Crippen MR) is 63.1 cm³/mol. The third-order valence-electron chi connectivity index (χ3n) is 3.55. The van der Waals surface area contributed by atoms with Crippen molar-refractivity contribution in [1.29, 1.82) is 0 Å². The van der Waals surface area contributed by atoms with Crippen LogP contribution in [0.4, 0.5) is 0 Å². The van der Waals surface area contributed by atoms with Crippen LogP contribution in [0, 0.1) is 5.92 Å². The van der Waals surface area contributed by atoms with Crippen molar-refractivity contribution >= 4 is 5.97 Å². The van der Waals surface area contributed by atoms with Crippen LogP contribution in [-0.4, -0.2) is 23.7 Å². The van der Waals surface area contributed by atoms with Crippen molar-refractivity contribution in [2.45, 2.75) is 70.6 Å². The zero-order valence-corrected chi connectivity index (χ0v) is 10.6. The van der Waals surface area contributed by atoms with Gasteiger partial charge in [0.25, 0.3) is 0 Å². The highest BCUT2D eigenvalue weighted by atomic mass is 16.6. The van der Waals surface area contributed by atoms with Gasteiger partial charge < -0.3 is 10.1 Å². The maximum absolute atomic E-state index is 11.9. The summed E-state index contributed by atoms with van der Waals surface area (Å²) >= 11 is 0. The van der Waals surface area contributed by atoms with Gasteiger partial charge in [-0.3, -0.25) is 4.79 Å². The van der Waals surface area contributed by atoms with Gasteiger partial charge >= 0.3 is 5.97 Å². The first kappa shape index (κ1) is 11.9. The molecule has 3 nitrogen and oxygen atoms in total. The Kier molecular flexibility index (Phi) is 3.24. The maximum atomic E-state index is 11.9. The average molecular weight is 225 g/mol. The molecule has 0 aromatic heterocycles. The second kappa shape index (κ2) is 4.36. The first-order valence-corrected chi connectivity index (χ1v) is 6.44. The van der Waals surface area contributed by atoms with Gasteiger partial charge in [-0.05, 0) is 46.0 Å². The number of nitrogens with one attached hydrogen (secondary N) is 1. The van der Waals surface area contributed by atoms with Crippen molar-refractivity contribution in [2.75, 3.05) is 0 Å². The molecule has 3 heteroatoms. The van der Waals surface area contributed by atoms with E-state index in [-0.39, 0.29) is 17.6 Å². The van der Waals surface area contributed by atoms with Gasteiger partial charge in [0.1, 0.15) is 11.6 Å². The standard InChI is InChI=1S/C13H23NO2/c1-13(2,3)16-12(15)11-8-9-6-4-5-7-10(9)14-11/h9-11,14H,4-8H2,1-3H3/t9-,10+,11+/m1/s1. The number of carbonyl (C=O) groups is 1. The van der Waals surface area contributed by atoms with Gasteiger partial charge in [0, 0.05) is 6.04 Å². The fourth-order valence-corrected chi connectivity index (χ4v) is 2.88. The third-order valence-corrected chi connectivity index (χ3v) is 3.55. The van der Waals surface area contributed by atoms with E-state index in [2.05, 4.69) is 5.32 Å². The zero-order chi connectivity index (χ0) is 11.8. The van der Waals surface area contributed by atoms with E-state index in [1.165, 1.54) is 25.7 Å². The Balaban J connectivity index is 1.90. The number of carbonyl (C=O) groups excluding carboxylic acids is 1. The molecule has 2 rings (SSSR count). The highest BCUT2D eigenvalue weighted by molar-refractivity contribution is 5.76. The summed E-state index contributed by atoms with van der Waals surface area (Å²) in [5.74, 6) is 0.633. The Morgan fingerprint density at radius 1 is 1.25 bits per heavy atom. The van der Waals surface area contributed by atoms with Crippen LogP contribution in [0.3, 0.4) is 0 Å².